The van der Waals surface area contributed by atoms with Crippen molar-refractivity contribution in [2.24, 2.45) is 0 Å². The maximum absolute atomic E-state index is 12.8. The number of hydrogen-bond acceptors (Lipinski definition) is 4. The number of piperidine rings is 1. The molecule has 126 valence electrons. The number of rotatable bonds is 2. The molecular weight excluding hydrogens is 306 g/mol. The van der Waals surface area contributed by atoms with E-state index in [4.69, 9.17) is 4.42 Å². The zero-order valence-corrected chi connectivity index (χ0v) is 13.5. The summed E-state index contributed by atoms with van der Waals surface area (Å²) in [6, 6.07) is 7.31. The van der Waals surface area contributed by atoms with E-state index in [-0.39, 0.29) is 17.0 Å². The molecule has 2 aromatic heterocycles. The summed E-state index contributed by atoms with van der Waals surface area (Å²) in [4.78, 5) is 32.1. The van der Waals surface area contributed by atoms with Gasteiger partial charge in [-0.15, -0.1) is 0 Å². The summed E-state index contributed by atoms with van der Waals surface area (Å²) < 4.78 is 5.28. The molecule has 6 nitrogen and oxygen atoms in total. The summed E-state index contributed by atoms with van der Waals surface area (Å²) in [6.07, 6.45) is 5.16. The summed E-state index contributed by atoms with van der Waals surface area (Å²) in [5, 5.41) is 0. The van der Waals surface area contributed by atoms with Gasteiger partial charge in [0.15, 0.2) is 0 Å². The predicted octanol–water partition coefficient (Wildman–Crippen LogP) is 1.95. The number of H-pyrrole nitrogens is 1. The van der Waals surface area contributed by atoms with Gasteiger partial charge in [0, 0.05) is 25.7 Å². The molecule has 0 saturated carbocycles. The minimum atomic E-state index is -0.361. The summed E-state index contributed by atoms with van der Waals surface area (Å²) in [6.45, 7) is 3.44. The highest BCUT2D eigenvalue weighted by molar-refractivity contribution is 5.94. The molecule has 2 fully saturated rings. The first-order valence-electron chi connectivity index (χ1n) is 8.53. The second kappa shape index (κ2) is 6.28. The van der Waals surface area contributed by atoms with Crippen LogP contribution in [0.3, 0.4) is 0 Å². The maximum atomic E-state index is 12.8. The lowest BCUT2D eigenvalue weighted by Gasteiger charge is -2.43. The second-order valence-corrected chi connectivity index (χ2v) is 6.53. The van der Waals surface area contributed by atoms with Crippen molar-refractivity contribution < 1.29 is 9.21 Å². The normalized spacial score (nSPS) is 21.5. The molecule has 4 rings (SSSR count). The van der Waals surface area contributed by atoms with Gasteiger partial charge in [-0.25, -0.2) is 0 Å². The van der Waals surface area contributed by atoms with Crippen LogP contribution < -0.4 is 5.56 Å². The van der Waals surface area contributed by atoms with Gasteiger partial charge in [-0.1, -0.05) is 6.42 Å². The first-order chi connectivity index (χ1) is 11.7. The molecule has 2 aliphatic heterocycles. The first kappa shape index (κ1) is 15.2. The number of piperazine rings is 1. The number of aromatic nitrogens is 1. The van der Waals surface area contributed by atoms with Crippen molar-refractivity contribution in [3.63, 3.8) is 0 Å². The summed E-state index contributed by atoms with van der Waals surface area (Å²) in [5.41, 5.74) is 0.424. The average Bonchev–Trinajstić information content (AvgIpc) is 3.15. The SMILES string of the molecule is O=C(c1ccc(-c2ccco2)[nH]c1=O)N1CCN2CCCC[C@H]2C1. The molecule has 1 atom stereocenters. The fourth-order valence-corrected chi connectivity index (χ4v) is 3.73. The van der Waals surface area contributed by atoms with Crippen molar-refractivity contribution in [2.75, 3.05) is 26.2 Å². The van der Waals surface area contributed by atoms with E-state index in [9.17, 15) is 9.59 Å². The van der Waals surface area contributed by atoms with E-state index in [1.165, 1.54) is 12.8 Å². The lowest BCUT2D eigenvalue weighted by Crippen LogP contribution is -2.56. The Hall–Kier alpha value is -2.34. The van der Waals surface area contributed by atoms with Gasteiger partial charge >= 0.3 is 0 Å². The topological polar surface area (TPSA) is 69.5 Å². The van der Waals surface area contributed by atoms with Crippen LogP contribution in [0.25, 0.3) is 11.5 Å². The smallest absolute Gasteiger partial charge is 0.261 e. The van der Waals surface area contributed by atoms with Crippen LogP contribution in [0.4, 0.5) is 0 Å². The molecule has 0 aliphatic carbocycles. The molecule has 2 aliphatic rings. The van der Waals surface area contributed by atoms with Crippen molar-refractivity contribution in [3.8, 4) is 11.5 Å². The molecule has 1 N–H and O–H groups in total. The molecule has 1 amide bonds. The molecule has 0 radical (unpaired) electrons. The molecule has 0 aromatic carbocycles. The second-order valence-electron chi connectivity index (χ2n) is 6.53. The van der Waals surface area contributed by atoms with Gasteiger partial charge in [-0.2, -0.15) is 0 Å². The Morgan fingerprint density at radius 3 is 2.88 bits per heavy atom. The van der Waals surface area contributed by atoms with Crippen LogP contribution in [0.15, 0.2) is 39.7 Å². The monoisotopic (exact) mass is 327 g/mol. The third-order valence-electron chi connectivity index (χ3n) is 5.05. The standard InChI is InChI=1S/C18H21N3O3/c22-17-14(6-7-15(19-17)16-5-3-11-24-16)18(23)21-10-9-20-8-2-1-4-13(20)12-21/h3,5-7,11,13H,1-2,4,8-10,12H2,(H,19,22)/t13-/m0/s1. The molecule has 0 bridgehead atoms. The lowest BCUT2D eigenvalue weighted by molar-refractivity contribution is 0.0371. The Kier molecular flexibility index (Phi) is 3.98. The van der Waals surface area contributed by atoms with Gasteiger partial charge in [0.2, 0.25) is 0 Å². The highest BCUT2D eigenvalue weighted by atomic mass is 16.3. The van der Waals surface area contributed by atoms with E-state index in [1.807, 2.05) is 4.90 Å². The molecule has 24 heavy (non-hydrogen) atoms. The number of amides is 1. The van der Waals surface area contributed by atoms with E-state index in [0.29, 0.717) is 24.0 Å². The Balaban J connectivity index is 1.53. The number of nitrogens with zero attached hydrogens (tertiary/aromatic N) is 2. The number of carbonyl (C=O) groups is 1. The number of furan rings is 1. The lowest BCUT2D eigenvalue weighted by atomic mass is 9.99. The third kappa shape index (κ3) is 2.78. The van der Waals surface area contributed by atoms with Gasteiger partial charge < -0.3 is 14.3 Å². The van der Waals surface area contributed by atoms with Crippen LogP contribution in [-0.2, 0) is 0 Å². The minimum absolute atomic E-state index is 0.174. The Bertz CT molecular complexity index is 781. The fourth-order valence-electron chi connectivity index (χ4n) is 3.73. The molecule has 0 unspecified atom stereocenters. The van der Waals surface area contributed by atoms with Crippen LogP contribution in [0.5, 0.6) is 0 Å². The number of carbonyl (C=O) groups excluding carboxylic acids is 1. The Morgan fingerprint density at radius 2 is 2.08 bits per heavy atom. The van der Waals surface area contributed by atoms with Crippen molar-refractivity contribution in [1.82, 2.24) is 14.8 Å². The number of fused-ring (bicyclic) bond motifs is 1. The highest BCUT2D eigenvalue weighted by Gasteiger charge is 2.32. The van der Waals surface area contributed by atoms with Gasteiger partial charge in [-0.3, -0.25) is 14.5 Å². The van der Waals surface area contributed by atoms with Gasteiger partial charge in [0.25, 0.3) is 11.5 Å². The third-order valence-corrected chi connectivity index (χ3v) is 5.05. The molecule has 0 spiro atoms. The fraction of sp³-hybridized carbons (Fsp3) is 0.444. The van der Waals surface area contributed by atoms with Crippen molar-refractivity contribution >= 4 is 5.91 Å². The zero-order chi connectivity index (χ0) is 16.5. The number of nitrogens with one attached hydrogen (secondary N) is 1. The van der Waals surface area contributed by atoms with Gasteiger partial charge in [0.05, 0.1) is 12.0 Å². The van der Waals surface area contributed by atoms with E-state index in [1.54, 1.807) is 30.5 Å². The Morgan fingerprint density at radius 1 is 1.17 bits per heavy atom. The summed E-state index contributed by atoms with van der Waals surface area (Å²) in [5.74, 6) is 0.411. The number of hydrogen-bond donors (Lipinski definition) is 1. The average molecular weight is 327 g/mol. The molecule has 4 heterocycles. The van der Waals surface area contributed by atoms with Crippen LogP contribution >= 0.6 is 0 Å². The van der Waals surface area contributed by atoms with Crippen molar-refractivity contribution in [1.29, 1.82) is 0 Å². The van der Waals surface area contributed by atoms with Crippen LogP contribution in [0, 0.1) is 0 Å². The largest absolute Gasteiger partial charge is 0.463 e. The first-order valence-corrected chi connectivity index (χ1v) is 8.53. The van der Waals surface area contributed by atoms with Crippen molar-refractivity contribution in [2.45, 2.75) is 25.3 Å². The van der Waals surface area contributed by atoms with E-state index in [2.05, 4.69) is 9.88 Å². The van der Waals surface area contributed by atoms with Gasteiger partial charge in [0.1, 0.15) is 11.3 Å². The summed E-state index contributed by atoms with van der Waals surface area (Å²) in [7, 11) is 0. The molecular formula is C18H21N3O3. The van der Waals surface area contributed by atoms with Crippen LogP contribution in [-0.4, -0.2) is 52.9 Å². The highest BCUT2D eigenvalue weighted by Crippen LogP contribution is 2.22. The molecule has 2 saturated heterocycles. The number of aromatic amines is 1. The number of pyridine rings is 1. The van der Waals surface area contributed by atoms with Crippen LogP contribution in [0.2, 0.25) is 0 Å². The quantitative estimate of drug-likeness (QED) is 0.915. The zero-order valence-electron chi connectivity index (χ0n) is 13.5. The van der Waals surface area contributed by atoms with Crippen molar-refractivity contribution in [3.05, 3.63) is 46.4 Å². The molecule has 2 aromatic rings. The van der Waals surface area contributed by atoms with E-state index in [0.717, 1.165) is 26.1 Å². The predicted molar refractivity (Wildman–Crippen MR) is 89.9 cm³/mol. The summed E-state index contributed by atoms with van der Waals surface area (Å²) >= 11 is 0. The van der Waals surface area contributed by atoms with Gasteiger partial charge in [-0.05, 0) is 43.7 Å². The Labute approximate surface area is 140 Å². The van der Waals surface area contributed by atoms with E-state index < -0.39 is 0 Å². The minimum Gasteiger partial charge on any atom is -0.463 e. The van der Waals surface area contributed by atoms with Crippen LogP contribution in [0.1, 0.15) is 29.6 Å². The maximum Gasteiger partial charge on any atom is 0.261 e. The molecule has 6 heteroatoms. The van der Waals surface area contributed by atoms with E-state index >= 15 is 0 Å².